The van der Waals surface area contributed by atoms with Crippen LogP contribution >= 0.6 is 0 Å². The number of carbonyl (C=O) groups is 1. The van der Waals surface area contributed by atoms with Crippen molar-refractivity contribution in [3.05, 3.63) is 23.8 Å². The zero-order chi connectivity index (χ0) is 12.3. The summed E-state index contributed by atoms with van der Waals surface area (Å²) in [6, 6.07) is 2.13. The van der Waals surface area contributed by atoms with Crippen molar-refractivity contribution in [2.45, 2.75) is 32.2 Å². The molecule has 1 amide bonds. The molecule has 1 fully saturated rings. The van der Waals surface area contributed by atoms with Gasteiger partial charge in [-0.05, 0) is 32.4 Å². The van der Waals surface area contributed by atoms with E-state index in [0.29, 0.717) is 6.54 Å². The van der Waals surface area contributed by atoms with E-state index in [-0.39, 0.29) is 11.9 Å². The molecular formula is C12H18N4O. The quantitative estimate of drug-likeness (QED) is 0.839. The van der Waals surface area contributed by atoms with Crippen molar-refractivity contribution in [2.75, 3.05) is 13.1 Å². The van der Waals surface area contributed by atoms with Gasteiger partial charge in [-0.2, -0.15) is 0 Å². The topological polar surface area (TPSA) is 72.1 Å². The van der Waals surface area contributed by atoms with Crippen LogP contribution in [0.5, 0.6) is 0 Å². The second-order valence-corrected chi connectivity index (χ2v) is 4.48. The molecule has 0 radical (unpaired) electrons. The number of nitrogens with two attached hydrogens (primary N) is 1. The van der Waals surface area contributed by atoms with Crippen LogP contribution in [-0.2, 0) is 4.79 Å². The summed E-state index contributed by atoms with van der Waals surface area (Å²) in [4.78, 5) is 21.7. The largest absolute Gasteiger partial charge is 0.369 e. The van der Waals surface area contributed by atoms with Crippen LogP contribution in [0.4, 0.5) is 0 Å². The van der Waals surface area contributed by atoms with E-state index >= 15 is 0 Å². The molecule has 5 heteroatoms. The average molecular weight is 234 g/mol. The van der Waals surface area contributed by atoms with Crippen LogP contribution in [0.3, 0.4) is 0 Å². The second-order valence-electron chi connectivity index (χ2n) is 4.48. The van der Waals surface area contributed by atoms with E-state index < -0.39 is 0 Å². The minimum atomic E-state index is -0.275. The number of aromatic nitrogens is 2. The van der Waals surface area contributed by atoms with Gasteiger partial charge < -0.3 is 5.73 Å². The molecule has 1 atom stereocenters. The normalized spacial score (nSPS) is 21.4. The summed E-state index contributed by atoms with van der Waals surface area (Å²) in [5.41, 5.74) is 6.28. The molecule has 0 bridgehead atoms. The fourth-order valence-corrected chi connectivity index (χ4v) is 2.38. The average Bonchev–Trinajstić information content (AvgIpc) is 2.29. The lowest BCUT2D eigenvalue weighted by Gasteiger charge is -2.34. The smallest absolute Gasteiger partial charge is 0.231 e. The number of likely N-dealkylation sites (tertiary alicyclic amines) is 1. The van der Waals surface area contributed by atoms with Gasteiger partial charge in [-0.3, -0.25) is 9.69 Å². The maximum absolute atomic E-state index is 11.1. The van der Waals surface area contributed by atoms with Crippen molar-refractivity contribution < 1.29 is 4.79 Å². The van der Waals surface area contributed by atoms with Crippen LogP contribution in [0.15, 0.2) is 12.3 Å². The molecule has 0 aliphatic carbocycles. The van der Waals surface area contributed by atoms with Gasteiger partial charge in [-0.25, -0.2) is 9.97 Å². The molecule has 1 aliphatic rings. The fraction of sp³-hybridized carbons (Fsp3) is 0.583. The molecule has 0 spiro atoms. The third-order valence-electron chi connectivity index (χ3n) is 3.11. The summed E-state index contributed by atoms with van der Waals surface area (Å²) >= 11 is 0. The van der Waals surface area contributed by atoms with Crippen molar-refractivity contribution in [1.29, 1.82) is 0 Å². The molecular weight excluding hydrogens is 216 g/mol. The van der Waals surface area contributed by atoms with E-state index in [1.54, 1.807) is 6.20 Å². The molecule has 17 heavy (non-hydrogen) atoms. The van der Waals surface area contributed by atoms with E-state index in [2.05, 4.69) is 14.9 Å². The summed E-state index contributed by atoms with van der Waals surface area (Å²) in [7, 11) is 0. The van der Waals surface area contributed by atoms with Crippen molar-refractivity contribution in [3.8, 4) is 0 Å². The SMILES string of the molecule is Cc1nccc([C@@H]2CCCCN2CC(N)=O)n1. The van der Waals surface area contributed by atoms with Crippen LogP contribution < -0.4 is 5.73 Å². The fourth-order valence-electron chi connectivity index (χ4n) is 2.38. The Morgan fingerprint density at radius 2 is 2.41 bits per heavy atom. The van der Waals surface area contributed by atoms with Gasteiger partial charge in [0.25, 0.3) is 0 Å². The summed E-state index contributed by atoms with van der Waals surface area (Å²) in [6.45, 7) is 3.11. The number of hydrogen-bond acceptors (Lipinski definition) is 4. The number of primary amides is 1. The Kier molecular flexibility index (Phi) is 3.68. The Balaban J connectivity index is 2.18. The summed E-state index contributed by atoms with van der Waals surface area (Å²) in [6.07, 6.45) is 5.09. The second kappa shape index (κ2) is 5.23. The number of rotatable bonds is 3. The lowest BCUT2D eigenvalue weighted by molar-refractivity contribution is -0.120. The molecule has 2 rings (SSSR count). The van der Waals surface area contributed by atoms with E-state index in [4.69, 9.17) is 5.73 Å². The first-order valence-corrected chi connectivity index (χ1v) is 5.98. The number of piperidine rings is 1. The van der Waals surface area contributed by atoms with Crippen LogP contribution in [0.2, 0.25) is 0 Å². The predicted octanol–water partition coefficient (Wildman–Crippen LogP) is 0.797. The van der Waals surface area contributed by atoms with Crippen molar-refractivity contribution >= 4 is 5.91 Å². The lowest BCUT2D eigenvalue weighted by atomic mass is 9.99. The molecule has 1 aromatic heterocycles. The Morgan fingerprint density at radius 3 is 3.12 bits per heavy atom. The monoisotopic (exact) mass is 234 g/mol. The highest BCUT2D eigenvalue weighted by molar-refractivity contribution is 5.76. The number of carbonyl (C=O) groups excluding carboxylic acids is 1. The molecule has 1 saturated heterocycles. The van der Waals surface area contributed by atoms with E-state index in [1.807, 2.05) is 13.0 Å². The molecule has 1 aliphatic heterocycles. The minimum absolute atomic E-state index is 0.206. The highest BCUT2D eigenvalue weighted by Crippen LogP contribution is 2.29. The third kappa shape index (κ3) is 3.00. The number of aryl methyl sites for hydroxylation is 1. The first-order chi connectivity index (χ1) is 8.16. The zero-order valence-corrected chi connectivity index (χ0v) is 10.1. The Labute approximate surface area is 101 Å². The summed E-state index contributed by atoms with van der Waals surface area (Å²) < 4.78 is 0. The molecule has 5 nitrogen and oxygen atoms in total. The van der Waals surface area contributed by atoms with Gasteiger partial charge >= 0.3 is 0 Å². The van der Waals surface area contributed by atoms with Gasteiger partial charge in [0, 0.05) is 6.20 Å². The van der Waals surface area contributed by atoms with E-state index in [1.165, 1.54) is 6.42 Å². The standard InChI is InChI=1S/C12H18N4O/c1-9-14-6-5-10(15-9)11-4-2-3-7-16(11)8-12(13)17/h5-6,11H,2-4,7-8H2,1H3,(H2,13,17)/t11-/m0/s1. The predicted molar refractivity (Wildman–Crippen MR) is 64.1 cm³/mol. The van der Waals surface area contributed by atoms with Gasteiger partial charge in [-0.1, -0.05) is 6.42 Å². The summed E-state index contributed by atoms with van der Waals surface area (Å²) in [5, 5.41) is 0. The highest BCUT2D eigenvalue weighted by atomic mass is 16.1. The minimum Gasteiger partial charge on any atom is -0.369 e. The van der Waals surface area contributed by atoms with Crippen molar-refractivity contribution in [1.82, 2.24) is 14.9 Å². The lowest BCUT2D eigenvalue weighted by Crippen LogP contribution is -2.40. The first-order valence-electron chi connectivity index (χ1n) is 5.98. The molecule has 1 aromatic rings. The third-order valence-corrected chi connectivity index (χ3v) is 3.11. The number of hydrogen-bond donors (Lipinski definition) is 1. The molecule has 2 N–H and O–H groups in total. The first kappa shape index (κ1) is 12.0. The maximum Gasteiger partial charge on any atom is 0.231 e. The van der Waals surface area contributed by atoms with Gasteiger partial charge in [0.15, 0.2) is 0 Å². The number of amides is 1. The zero-order valence-electron chi connectivity index (χ0n) is 10.1. The molecule has 92 valence electrons. The maximum atomic E-state index is 11.1. The van der Waals surface area contributed by atoms with Gasteiger partial charge in [-0.15, -0.1) is 0 Å². The Bertz CT molecular complexity index is 407. The Morgan fingerprint density at radius 1 is 1.59 bits per heavy atom. The van der Waals surface area contributed by atoms with Gasteiger partial charge in [0.2, 0.25) is 5.91 Å². The molecule has 0 saturated carbocycles. The Hall–Kier alpha value is -1.49. The van der Waals surface area contributed by atoms with Gasteiger partial charge in [0.1, 0.15) is 5.82 Å². The number of nitrogens with zero attached hydrogens (tertiary/aromatic N) is 3. The van der Waals surface area contributed by atoms with Crippen molar-refractivity contribution in [3.63, 3.8) is 0 Å². The van der Waals surface area contributed by atoms with Crippen LogP contribution in [0.1, 0.15) is 36.8 Å². The molecule has 2 heterocycles. The van der Waals surface area contributed by atoms with Crippen LogP contribution in [0.25, 0.3) is 0 Å². The van der Waals surface area contributed by atoms with Crippen LogP contribution in [-0.4, -0.2) is 33.9 Å². The van der Waals surface area contributed by atoms with E-state index in [0.717, 1.165) is 30.9 Å². The van der Waals surface area contributed by atoms with Crippen LogP contribution in [0, 0.1) is 6.92 Å². The molecule has 0 unspecified atom stereocenters. The van der Waals surface area contributed by atoms with Gasteiger partial charge in [0.05, 0.1) is 18.3 Å². The van der Waals surface area contributed by atoms with E-state index in [9.17, 15) is 4.79 Å². The summed E-state index contributed by atoms with van der Waals surface area (Å²) in [5.74, 6) is 0.495. The van der Waals surface area contributed by atoms with Crippen molar-refractivity contribution in [2.24, 2.45) is 5.73 Å². The molecule has 0 aromatic carbocycles. The highest BCUT2D eigenvalue weighted by Gasteiger charge is 2.25.